The van der Waals surface area contributed by atoms with E-state index in [0.29, 0.717) is 6.42 Å². The second kappa shape index (κ2) is 6.20. The minimum absolute atomic E-state index is 0.169. The van der Waals surface area contributed by atoms with Crippen LogP contribution >= 0.6 is 0 Å². The molecule has 1 atom stereocenters. The predicted molar refractivity (Wildman–Crippen MR) is 77.5 cm³/mol. The summed E-state index contributed by atoms with van der Waals surface area (Å²) in [5, 5.41) is 0. The molecule has 1 fully saturated rings. The van der Waals surface area contributed by atoms with Gasteiger partial charge in [0.15, 0.2) is 0 Å². The molecule has 1 aliphatic heterocycles. The van der Waals surface area contributed by atoms with Crippen LogP contribution in [0.4, 0.5) is 5.69 Å². The van der Waals surface area contributed by atoms with E-state index < -0.39 is 0 Å². The summed E-state index contributed by atoms with van der Waals surface area (Å²) < 4.78 is 5.56. The number of ether oxygens (including phenoxy) is 1. The number of carbonyl (C=O) groups is 1. The predicted octanol–water partition coefficient (Wildman–Crippen LogP) is 3.23. The van der Waals surface area contributed by atoms with Crippen LogP contribution in [0.3, 0.4) is 0 Å². The normalized spacial score (nSPS) is 18.6. The fourth-order valence-corrected chi connectivity index (χ4v) is 2.64. The summed E-state index contributed by atoms with van der Waals surface area (Å²) in [4.78, 5) is 14.0. The Kier molecular flexibility index (Phi) is 4.59. The summed E-state index contributed by atoms with van der Waals surface area (Å²) >= 11 is 0. The van der Waals surface area contributed by atoms with Crippen molar-refractivity contribution in [3.8, 4) is 0 Å². The Morgan fingerprint density at radius 1 is 1.42 bits per heavy atom. The number of anilines is 1. The Bertz CT molecular complexity index is 450. The van der Waals surface area contributed by atoms with Crippen LogP contribution in [0.5, 0.6) is 0 Å². The van der Waals surface area contributed by atoms with E-state index in [0.717, 1.165) is 37.1 Å². The van der Waals surface area contributed by atoms with Crippen molar-refractivity contribution < 1.29 is 9.53 Å². The third kappa shape index (κ3) is 3.57. The molecule has 3 nitrogen and oxygen atoms in total. The van der Waals surface area contributed by atoms with Crippen molar-refractivity contribution in [2.45, 2.75) is 45.6 Å². The van der Waals surface area contributed by atoms with Crippen LogP contribution in [-0.4, -0.2) is 25.7 Å². The molecule has 0 spiro atoms. The van der Waals surface area contributed by atoms with Gasteiger partial charge in [-0.2, -0.15) is 0 Å². The van der Waals surface area contributed by atoms with Crippen molar-refractivity contribution >= 4 is 11.6 Å². The highest BCUT2D eigenvalue weighted by Crippen LogP contribution is 2.22. The van der Waals surface area contributed by atoms with E-state index in [2.05, 4.69) is 13.0 Å². The fraction of sp³-hybridized carbons (Fsp3) is 0.562. The number of amides is 1. The molecule has 1 aromatic rings. The summed E-state index contributed by atoms with van der Waals surface area (Å²) in [6, 6.07) is 6.18. The molecule has 2 rings (SSSR count). The first-order valence-electron chi connectivity index (χ1n) is 7.03. The second-order valence-electron chi connectivity index (χ2n) is 5.42. The number of rotatable bonds is 4. The van der Waals surface area contributed by atoms with Gasteiger partial charge in [-0.15, -0.1) is 0 Å². The number of carbonyl (C=O) groups excluding carboxylic acids is 1. The highest BCUT2D eigenvalue weighted by Gasteiger charge is 2.19. The zero-order chi connectivity index (χ0) is 13.8. The van der Waals surface area contributed by atoms with Gasteiger partial charge in [0.1, 0.15) is 0 Å². The molecule has 1 aromatic carbocycles. The van der Waals surface area contributed by atoms with Gasteiger partial charge in [-0.05, 0) is 44.7 Å². The van der Waals surface area contributed by atoms with E-state index in [-0.39, 0.29) is 12.0 Å². The van der Waals surface area contributed by atoms with Crippen molar-refractivity contribution in [3.63, 3.8) is 0 Å². The van der Waals surface area contributed by atoms with E-state index in [1.165, 1.54) is 5.56 Å². The molecule has 0 N–H and O–H groups in total. The molecular formula is C16H23NO2. The van der Waals surface area contributed by atoms with E-state index in [1.807, 2.05) is 26.1 Å². The standard InChI is InChI=1S/C16H23NO2/c1-12-6-8-15(13(2)11-12)17(3)16(18)9-7-14-5-4-10-19-14/h6,8,11,14H,4-5,7,9-10H2,1-3H3. The third-order valence-corrected chi connectivity index (χ3v) is 3.79. The number of benzene rings is 1. The van der Waals surface area contributed by atoms with Gasteiger partial charge in [0.05, 0.1) is 6.10 Å². The highest BCUT2D eigenvalue weighted by atomic mass is 16.5. The molecule has 19 heavy (non-hydrogen) atoms. The molecular weight excluding hydrogens is 238 g/mol. The fourth-order valence-electron chi connectivity index (χ4n) is 2.64. The summed E-state index contributed by atoms with van der Waals surface area (Å²) in [5.74, 6) is 0.169. The Balaban J connectivity index is 1.94. The van der Waals surface area contributed by atoms with E-state index in [9.17, 15) is 4.79 Å². The SMILES string of the molecule is Cc1ccc(N(C)C(=O)CCC2CCCO2)c(C)c1. The summed E-state index contributed by atoms with van der Waals surface area (Å²) in [5.41, 5.74) is 3.37. The molecule has 1 aliphatic rings. The van der Waals surface area contributed by atoms with Crippen LogP contribution in [0.2, 0.25) is 0 Å². The number of hydrogen-bond acceptors (Lipinski definition) is 2. The summed E-state index contributed by atoms with van der Waals surface area (Å²) in [6.07, 6.45) is 3.92. The van der Waals surface area contributed by atoms with Crippen LogP contribution in [-0.2, 0) is 9.53 Å². The first-order valence-corrected chi connectivity index (χ1v) is 7.03. The largest absolute Gasteiger partial charge is 0.378 e. The minimum Gasteiger partial charge on any atom is -0.378 e. The summed E-state index contributed by atoms with van der Waals surface area (Å²) in [6.45, 7) is 4.97. The van der Waals surface area contributed by atoms with Crippen LogP contribution in [0, 0.1) is 13.8 Å². The highest BCUT2D eigenvalue weighted by molar-refractivity contribution is 5.93. The molecule has 0 bridgehead atoms. The van der Waals surface area contributed by atoms with Gasteiger partial charge in [0, 0.05) is 25.8 Å². The smallest absolute Gasteiger partial charge is 0.226 e. The number of aryl methyl sites for hydroxylation is 2. The van der Waals surface area contributed by atoms with Crippen molar-refractivity contribution in [1.82, 2.24) is 0 Å². The minimum atomic E-state index is 0.169. The van der Waals surface area contributed by atoms with Gasteiger partial charge < -0.3 is 9.64 Å². The Morgan fingerprint density at radius 3 is 2.84 bits per heavy atom. The molecule has 0 saturated carbocycles. The van der Waals surface area contributed by atoms with E-state index in [1.54, 1.807) is 4.90 Å². The Hall–Kier alpha value is -1.35. The lowest BCUT2D eigenvalue weighted by atomic mass is 10.1. The van der Waals surface area contributed by atoms with Gasteiger partial charge in [-0.3, -0.25) is 4.79 Å². The molecule has 1 unspecified atom stereocenters. The van der Waals surface area contributed by atoms with Gasteiger partial charge in [0.25, 0.3) is 0 Å². The Morgan fingerprint density at radius 2 is 2.21 bits per heavy atom. The van der Waals surface area contributed by atoms with Gasteiger partial charge >= 0.3 is 0 Å². The van der Waals surface area contributed by atoms with Gasteiger partial charge in [0.2, 0.25) is 5.91 Å². The molecule has 104 valence electrons. The molecule has 0 aromatic heterocycles. The lowest BCUT2D eigenvalue weighted by Crippen LogP contribution is -2.27. The molecule has 1 saturated heterocycles. The lowest BCUT2D eigenvalue weighted by molar-refractivity contribution is -0.118. The van der Waals surface area contributed by atoms with Gasteiger partial charge in [-0.25, -0.2) is 0 Å². The second-order valence-corrected chi connectivity index (χ2v) is 5.42. The maximum atomic E-state index is 12.2. The molecule has 1 heterocycles. The van der Waals surface area contributed by atoms with Crippen molar-refractivity contribution in [2.75, 3.05) is 18.6 Å². The van der Waals surface area contributed by atoms with Crippen molar-refractivity contribution in [1.29, 1.82) is 0 Å². The third-order valence-electron chi connectivity index (χ3n) is 3.79. The topological polar surface area (TPSA) is 29.5 Å². The zero-order valence-electron chi connectivity index (χ0n) is 12.1. The van der Waals surface area contributed by atoms with Crippen LogP contribution in [0.1, 0.15) is 36.8 Å². The summed E-state index contributed by atoms with van der Waals surface area (Å²) in [7, 11) is 1.86. The van der Waals surface area contributed by atoms with Crippen molar-refractivity contribution in [2.24, 2.45) is 0 Å². The van der Waals surface area contributed by atoms with Crippen LogP contribution < -0.4 is 4.90 Å². The van der Waals surface area contributed by atoms with Crippen LogP contribution in [0.25, 0.3) is 0 Å². The van der Waals surface area contributed by atoms with Crippen molar-refractivity contribution in [3.05, 3.63) is 29.3 Å². The average molecular weight is 261 g/mol. The maximum Gasteiger partial charge on any atom is 0.226 e. The van der Waals surface area contributed by atoms with Crippen LogP contribution in [0.15, 0.2) is 18.2 Å². The quantitative estimate of drug-likeness (QED) is 0.833. The average Bonchev–Trinajstić information content (AvgIpc) is 2.88. The number of nitrogens with zero attached hydrogens (tertiary/aromatic N) is 1. The Labute approximate surface area is 115 Å². The van der Waals surface area contributed by atoms with E-state index in [4.69, 9.17) is 4.74 Å². The lowest BCUT2D eigenvalue weighted by Gasteiger charge is -2.20. The van der Waals surface area contributed by atoms with Gasteiger partial charge in [-0.1, -0.05) is 17.7 Å². The molecule has 3 heteroatoms. The zero-order valence-corrected chi connectivity index (χ0v) is 12.1. The first kappa shape index (κ1) is 14.1. The maximum absolute atomic E-state index is 12.2. The first-order chi connectivity index (χ1) is 9.08. The van der Waals surface area contributed by atoms with E-state index >= 15 is 0 Å². The molecule has 0 radical (unpaired) electrons. The molecule has 1 amide bonds. The monoisotopic (exact) mass is 261 g/mol. The molecule has 0 aliphatic carbocycles. The number of hydrogen-bond donors (Lipinski definition) is 0.